The van der Waals surface area contributed by atoms with Gasteiger partial charge in [-0.2, -0.15) is 11.8 Å². The van der Waals surface area contributed by atoms with Crippen LogP contribution in [0, 0.1) is 0 Å². The van der Waals surface area contributed by atoms with Gasteiger partial charge in [-0.1, -0.05) is 6.07 Å². The maximum atomic E-state index is 5.71. The molecule has 0 unspecified atom stereocenters. The van der Waals surface area contributed by atoms with E-state index in [1.54, 1.807) is 11.8 Å². The normalized spacial score (nSPS) is 12.6. The van der Waals surface area contributed by atoms with Gasteiger partial charge in [0.05, 0.1) is 18.0 Å². The predicted octanol–water partition coefficient (Wildman–Crippen LogP) is 3.39. The van der Waals surface area contributed by atoms with Crippen LogP contribution in [0.4, 0.5) is 0 Å². The van der Waals surface area contributed by atoms with Gasteiger partial charge in [0.25, 0.3) is 0 Å². The van der Waals surface area contributed by atoms with E-state index in [1.807, 2.05) is 36.5 Å². The van der Waals surface area contributed by atoms with Gasteiger partial charge in [0.15, 0.2) is 0 Å². The Bertz CT molecular complexity index is 470. The van der Waals surface area contributed by atoms with E-state index < -0.39 is 0 Å². The molecule has 0 bridgehead atoms. The summed E-state index contributed by atoms with van der Waals surface area (Å²) in [6, 6.07) is 10.3. The number of nitrogens with zero attached hydrogens (tertiary/aromatic N) is 1. The highest BCUT2D eigenvalue weighted by Gasteiger charge is 2.07. The summed E-state index contributed by atoms with van der Waals surface area (Å²) in [7, 11) is 0. The van der Waals surface area contributed by atoms with Crippen LogP contribution in [0.1, 0.15) is 30.2 Å². The third kappa shape index (κ3) is 3.62. The highest BCUT2D eigenvalue weighted by molar-refractivity contribution is 7.97. The van der Waals surface area contributed by atoms with Gasteiger partial charge in [0, 0.05) is 12.2 Å². The Morgan fingerprint density at radius 2 is 2.11 bits per heavy atom. The SMILES string of the molecule is CSCc1ccc(CN[C@H](C)c2ccccn2)o1. The zero-order valence-electron chi connectivity index (χ0n) is 10.7. The summed E-state index contributed by atoms with van der Waals surface area (Å²) >= 11 is 1.77. The van der Waals surface area contributed by atoms with Gasteiger partial charge in [-0.25, -0.2) is 0 Å². The highest BCUT2D eigenvalue weighted by atomic mass is 32.2. The number of pyridine rings is 1. The van der Waals surface area contributed by atoms with Gasteiger partial charge in [-0.3, -0.25) is 4.98 Å². The van der Waals surface area contributed by atoms with Gasteiger partial charge < -0.3 is 9.73 Å². The van der Waals surface area contributed by atoms with Gasteiger partial charge in [-0.15, -0.1) is 0 Å². The van der Waals surface area contributed by atoms with Crippen molar-refractivity contribution in [3.05, 3.63) is 53.7 Å². The molecule has 1 atom stereocenters. The highest BCUT2D eigenvalue weighted by Crippen LogP contribution is 2.15. The molecule has 0 aliphatic heterocycles. The van der Waals surface area contributed by atoms with E-state index in [4.69, 9.17) is 4.42 Å². The average molecular weight is 262 g/mol. The third-order valence-corrected chi connectivity index (χ3v) is 3.29. The van der Waals surface area contributed by atoms with E-state index >= 15 is 0 Å². The van der Waals surface area contributed by atoms with Crippen molar-refractivity contribution in [3.63, 3.8) is 0 Å². The average Bonchev–Trinajstić information content (AvgIpc) is 2.85. The molecule has 3 nitrogen and oxygen atoms in total. The lowest BCUT2D eigenvalue weighted by molar-refractivity contribution is 0.440. The molecular formula is C14H18N2OS. The fraction of sp³-hybridized carbons (Fsp3) is 0.357. The van der Waals surface area contributed by atoms with E-state index in [0.29, 0.717) is 0 Å². The van der Waals surface area contributed by atoms with E-state index in [-0.39, 0.29) is 6.04 Å². The molecule has 0 saturated heterocycles. The molecule has 96 valence electrons. The summed E-state index contributed by atoms with van der Waals surface area (Å²) in [5.74, 6) is 2.93. The fourth-order valence-corrected chi connectivity index (χ4v) is 2.17. The molecule has 0 amide bonds. The Labute approximate surface area is 112 Å². The van der Waals surface area contributed by atoms with E-state index in [0.717, 1.165) is 29.5 Å². The zero-order valence-corrected chi connectivity index (χ0v) is 11.5. The predicted molar refractivity (Wildman–Crippen MR) is 75.4 cm³/mol. The Morgan fingerprint density at radius 1 is 1.28 bits per heavy atom. The Morgan fingerprint density at radius 3 is 2.83 bits per heavy atom. The van der Waals surface area contributed by atoms with Gasteiger partial charge >= 0.3 is 0 Å². The number of furan rings is 1. The molecule has 1 N–H and O–H groups in total. The lowest BCUT2D eigenvalue weighted by Crippen LogP contribution is -2.18. The molecule has 0 saturated carbocycles. The Balaban J connectivity index is 1.87. The lowest BCUT2D eigenvalue weighted by atomic mass is 10.2. The molecule has 2 aromatic heterocycles. The van der Waals surface area contributed by atoms with Crippen molar-refractivity contribution in [2.75, 3.05) is 6.26 Å². The number of thioether (sulfide) groups is 1. The third-order valence-electron chi connectivity index (χ3n) is 2.72. The number of aromatic nitrogens is 1. The van der Waals surface area contributed by atoms with Crippen molar-refractivity contribution in [1.82, 2.24) is 10.3 Å². The van der Waals surface area contributed by atoms with Crippen molar-refractivity contribution >= 4 is 11.8 Å². The molecule has 0 aromatic carbocycles. The number of hydrogen-bond donors (Lipinski definition) is 1. The standard InChI is InChI=1S/C14H18N2OS/c1-11(14-5-3-4-8-15-14)16-9-12-6-7-13(17-12)10-18-2/h3-8,11,16H,9-10H2,1-2H3/t11-/m1/s1. The van der Waals surface area contributed by atoms with Crippen molar-refractivity contribution in [3.8, 4) is 0 Å². The van der Waals surface area contributed by atoms with Gasteiger partial charge in [0.2, 0.25) is 0 Å². The van der Waals surface area contributed by atoms with E-state index in [2.05, 4.69) is 23.5 Å². The summed E-state index contributed by atoms with van der Waals surface area (Å²) in [6.45, 7) is 2.83. The van der Waals surface area contributed by atoms with Crippen LogP contribution in [0.2, 0.25) is 0 Å². The van der Waals surface area contributed by atoms with Crippen molar-refractivity contribution < 1.29 is 4.42 Å². The molecule has 2 aromatic rings. The van der Waals surface area contributed by atoms with Crippen LogP contribution in [0.3, 0.4) is 0 Å². The minimum Gasteiger partial charge on any atom is -0.464 e. The smallest absolute Gasteiger partial charge is 0.118 e. The Hall–Kier alpha value is -1.26. The van der Waals surface area contributed by atoms with Crippen molar-refractivity contribution in [2.24, 2.45) is 0 Å². The fourth-order valence-electron chi connectivity index (χ4n) is 1.73. The number of rotatable bonds is 6. The van der Waals surface area contributed by atoms with Gasteiger partial charge in [0.1, 0.15) is 11.5 Å². The first-order valence-electron chi connectivity index (χ1n) is 6.00. The van der Waals surface area contributed by atoms with Crippen LogP contribution in [0.5, 0.6) is 0 Å². The summed E-state index contributed by atoms with van der Waals surface area (Å²) in [4.78, 5) is 4.33. The monoisotopic (exact) mass is 262 g/mol. The van der Waals surface area contributed by atoms with Gasteiger partial charge in [-0.05, 0) is 37.4 Å². The first-order valence-corrected chi connectivity index (χ1v) is 7.40. The number of nitrogens with one attached hydrogen (secondary N) is 1. The largest absolute Gasteiger partial charge is 0.464 e. The zero-order chi connectivity index (χ0) is 12.8. The second-order valence-corrected chi connectivity index (χ2v) is 5.02. The van der Waals surface area contributed by atoms with Crippen LogP contribution in [0.25, 0.3) is 0 Å². The molecule has 0 aliphatic carbocycles. The summed E-state index contributed by atoms with van der Waals surface area (Å²) in [5.41, 5.74) is 1.05. The van der Waals surface area contributed by atoms with E-state index in [9.17, 15) is 0 Å². The molecule has 4 heteroatoms. The Kier molecular flexibility index (Phi) is 4.84. The van der Waals surface area contributed by atoms with Crippen molar-refractivity contribution in [1.29, 1.82) is 0 Å². The second kappa shape index (κ2) is 6.61. The topological polar surface area (TPSA) is 38.1 Å². The van der Waals surface area contributed by atoms with Crippen LogP contribution < -0.4 is 5.32 Å². The van der Waals surface area contributed by atoms with Crippen LogP contribution >= 0.6 is 11.8 Å². The molecule has 2 rings (SSSR count). The van der Waals surface area contributed by atoms with Crippen molar-refractivity contribution in [2.45, 2.75) is 25.3 Å². The molecule has 0 spiro atoms. The first-order chi connectivity index (χ1) is 8.79. The maximum absolute atomic E-state index is 5.71. The minimum absolute atomic E-state index is 0.223. The summed E-state index contributed by atoms with van der Waals surface area (Å²) in [5, 5.41) is 3.41. The van der Waals surface area contributed by atoms with Crippen LogP contribution in [-0.4, -0.2) is 11.2 Å². The van der Waals surface area contributed by atoms with Crippen LogP contribution in [-0.2, 0) is 12.3 Å². The molecular weight excluding hydrogens is 244 g/mol. The quantitative estimate of drug-likeness (QED) is 0.866. The molecule has 0 fully saturated rings. The summed E-state index contributed by atoms with van der Waals surface area (Å²) < 4.78 is 5.71. The molecule has 0 radical (unpaired) electrons. The second-order valence-electron chi connectivity index (χ2n) is 4.16. The first kappa shape index (κ1) is 13.2. The lowest BCUT2D eigenvalue weighted by Gasteiger charge is -2.11. The molecule has 0 aliphatic rings. The maximum Gasteiger partial charge on any atom is 0.118 e. The van der Waals surface area contributed by atoms with Crippen LogP contribution in [0.15, 0.2) is 40.9 Å². The minimum atomic E-state index is 0.223. The van der Waals surface area contributed by atoms with E-state index in [1.165, 1.54) is 0 Å². The summed E-state index contributed by atoms with van der Waals surface area (Å²) in [6.07, 6.45) is 3.89. The number of hydrogen-bond acceptors (Lipinski definition) is 4. The molecule has 2 heterocycles. The molecule has 18 heavy (non-hydrogen) atoms.